The van der Waals surface area contributed by atoms with Crippen LogP contribution in [0.3, 0.4) is 0 Å². The molecule has 9 atom stereocenters. The summed E-state index contributed by atoms with van der Waals surface area (Å²) in [6.45, 7) is 31.1. The van der Waals surface area contributed by atoms with Crippen molar-refractivity contribution in [3.8, 4) is 0 Å². The highest BCUT2D eigenvalue weighted by atomic mass is 16.6. The second kappa shape index (κ2) is 13.8. The number of carboxylic acid groups (broad SMARTS) is 1. The van der Waals surface area contributed by atoms with Crippen molar-refractivity contribution in [2.24, 2.45) is 51.2 Å². The molecular formula is C47H71N3O4. The maximum Gasteiger partial charge on any atom is 0.410 e. The summed E-state index contributed by atoms with van der Waals surface area (Å²) < 4.78 is 5.64. The number of ether oxygens (including phenoxy) is 1. The van der Waals surface area contributed by atoms with E-state index in [9.17, 15) is 14.7 Å². The van der Waals surface area contributed by atoms with Gasteiger partial charge in [-0.2, -0.15) is 0 Å². The zero-order chi connectivity index (χ0) is 39.1. The van der Waals surface area contributed by atoms with Crippen LogP contribution in [0.25, 0.3) is 5.57 Å². The summed E-state index contributed by atoms with van der Waals surface area (Å²) in [7, 11) is 0. The van der Waals surface area contributed by atoms with E-state index in [1.165, 1.54) is 68.1 Å². The number of benzene rings is 1. The lowest BCUT2D eigenvalue weighted by atomic mass is 9.33. The van der Waals surface area contributed by atoms with Crippen LogP contribution in [0.5, 0.6) is 0 Å². The molecule has 0 unspecified atom stereocenters. The van der Waals surface area contributed by atoms with Gasteiger partial charge in [0.1, 0.15) is 5.60 Å². The van der Waals surface area contributed by atoms with Crippen LogP contribution in [0.2, 0.25) is 0 Å². The first-order valence-electron chi connectivity index (χ1n) is 21.4. The Kier molecular flexibility index (Phi) is 10.1. The second-order valence-corrected chi connectivity index (χ2v) is 21.0. The van der Waals surface area contributed by atoms with Crippen LogP contribution in [0.1, 0.15) is 136 Å². The molecule has 4 saturated carbocycles. The molecule has 7 heteroatoms. The van der Waals surface area contributed by atoms with Crippen molar-refractivity contribution >= 4 is 17.6 Å². The topological polar surface area (TPSA) is 82.1 Å². The summed E-state index contributed by atoms with van der Waals surface area (Å²) in [4.78, 5) is 28.6. The molecule has 2 N–H and O–H groups in total. The molecule has 0 aromatic heterocycles. The van der Waals surface area contributed by atoms with Gasteiger partial charge >= 0.3 is 12.1 Å². The zero-order valence-electron chi connectivity index (χ0n) is 35.2. The van der Waals surface area contributed by atoms with Gasteiger partial charge in [-0.05, 0) is 160 Å². The number of hydrogen-bond acceptors (Lipinski definition) is 5. The number of nitrogens with zero attached hydrogens (tertiary/aromatic N) is 2. The van der Waals surface area contributed by atoms with E-state index >= 15 is 0 Å². The number of rotatable bonds is 7. The van der Waals surface area contributed by atoms with E-state index < -0.39 is 11.6 Å². The number of carboxylic acids is 1. The van der Waals surface area contributed by atoms with Crippen LogP contribution >= 0.6 is 0 Å². The van der Waals surface area contributed by atoms with Crippen LogP contribution in [-0.2, 0) is 4.74 Å². The Morgan fingerprint density at radius 1 is 0.889 bits per heavy atom. The normalized spacial score (nSPS) is 39.0. The number of nitrogens with one attached hydrogen (secondary N) is 1. The van der Waals surface area contributed by atoms with Gasteiger partial charge in [0, 0.05) is 44.8 Å². The van der Waals surface area contributed by atoms with Crippen LogP contribution in [-0.4, -0.2) is 77.4 Å². The van der Waals surface area contributed by atoms with Crippen molar-refractivity contribution in [2.45, 2.75) is 131 Å². The van der Waals surface area contributed by atoms with Crippen LogP contribution < -0.4 is 5.32 Å². The van der Waals surface area contributed by atoms with E-state index in [4.69, 9.17) is 4.74 Å². The third kappa shape index (κ3) is 6.39. The molecule has 1 heterocycles. The third-order valence-corrected chi connectivity index (χ3v) is 17.0. The minimum Gasteiger partial charge on any atom is -0.478 e. The number of carbonyl (C=O) groups is 2. The Hall–Kier alpha value is -2.64. The molecule has 0 bridgehead atoms. The van der Waals surface area contributed by atoms with E-state index in [1.54, 1.807) is 12.1 Å². The van der Waals surface area contributed by atoms with Crippen molar-refractivity contribution in [1.29, 1.82) is 0 Å². The number of allylic oxidation sites excluding steroid dienone is 3. The summed E-state index contributed by atoms with van der Waals surface area (Å²) >= 11 is 0. The quantitative estimate of drug-likeness (QED) is 0.271. The standard InChI is InChI=1S/C47H71N3O4/c1-31(2)34-17-22-47(48-25-26-49-27-29-50(30-28-49)41(53)54-42(3,4)5)24-23-45(9)36(39(34)47)15-16-38-44(8)20-18-35(32-11-13-33(14-12-32)40(51)52)43(6,7)37(44)19-21-46(38,45)10/h11-14,18,34,36-39,48H,1,15-17,19-30H2,2-10H3,(H,51,52)/t34-,36+,37-,38+,39+,44-,45+,46+,47-/m0/s1. The summed E-state index contributed by atoms with van der Waals surface area (Å²) in [5.41, 5.74) is 4.87. The van der Waals surface area contributed by atoms with Gasteiger partial charge in [-0.15, -0.1) is 0 Å². The molecule has 1 aromatic rings. The summed E-state index contributed by atoms with van der Waals surface area (Å²) in [6.07, 6.45) is 13.7. The smallest absolute Gasteiger partial charge is 0.410 e. The Balaban J connectivity index is 1.08. The van der Waals surface area contributed by atoms with Gasteiger partial charge in [0.15, 0.2) is 0 Å². The SMILES string of the molecule is C=C(C)[C@@H]1CC[C@]2(NCCN3CCN(C(=O)OC(C)(C)C)CC3)CC[C@]3(C)[C@H](CC[C@@H]4[C@@]5(C)CC=C(c6ccc(C(=O)O)cc6)C(C)(C)[C@@H]5CC[C@]43C)[C@@H]12. The number of hydrogen-bond donors (Lipinski definition) is 2. The average molecular weight is 742 g/mol. The summed E-state index contributed by atoms with van der Waals surface area (Å²) in [5.74, 6) is 2.31. The van der Waals surface area contributed by atoms with Gasteiger partial charge < -0.3 is 20.1 Å². The third-order valence-electron chi connectivity index (χ3n) is 17.0. The van der Waals surface area contributed by atoms with Gasteiger partial charge in [-0.3, -0.25) is 4.90 Å². The minimum absolute atomic E-state index is 0.0152. The van der Waals surface area contributed by atoms with Crippen molar-refractivity contribution < 1.29 is 19.4 Å². The maximum absolute atomic E-state index is 12.7. The first-order valence-corrected chi connectivity index (χ1v) is 21.4. The van der Waals surface area contributed by atoms with E-state index in [0.29, 0.717) is 35.2 Å². The number of aromatic carboxylic acids is 1. The van der Waals surface area contributed by atoms with Crippen molar-refractivity contribution in [2.75, 3.05) is 39.3 Å². The lowest BCUT2D eigenvalue weighted by molar-refractivity contribution is -0.219. The second-order valence-electron chi connectivity index (χ2n) is 21.0. The molecule has 0 radical (unpaired) electrons. The maximum atomic E-state index is 12.7. The monoisotopic (exact) mass is 742 g/mol. The fourth-order valence-electron chi connectivity index (χ4n) is 14.3. The molecule has 1 amide bonds. The average Bonchev–Trinajstić information content (AvgIpc) is 3.48. The zero-order valence-corrected chi connectivity index (χ0v) is 35.2. The van der Waals surface area contributed by atoms with E-state index in [-0.39, 0.29) is 33.3 Å². The number of fused-ring (bicyclic) bond motifs is 7. The lowest BCUT2D eigenvalue weighted by Gasteiger charge is -2.72. The number of amides is 1. The van der Waals surface area contributed by atoms with Crippen LogP contribution in [0.15, 0.2) is 42.5 Å². The largest absolute Gasteiger partial charge is 0.478 e. The highest BCUT2D eigenvalue weighted by Crippen LogP contribution is 2.76. The molecule has 54 heavy (non-hydrogen) atoms. The van der Waals surface area contributed by atoms with Crippen LogP contribution in [0, 0.1) is 51.2 Å². The predicted molar refractivity (Wildman–Crippen MR) is 218 cm³/mol. The van der Waals surface area contributed by atoms with Gasteiger partial charge in [0.05, 0.1) is 5.56 Å². The first-order chi connectivity index (χ1) is 25.3. The van der Waals surface area contributed by atoms with Gasteiger partial charge in [-0.1, -0.05) is 65.0 Å². The van der Waals surface area contributed by atoms with E-state index in [1.807, 2.05) is 37.8 Å². The number of piperazine rings is 1. The van der Waals surface area contributed by atoms with Gasteiger partial charge in [0.2, 0.25) is 0 Å². The minimum atomic E-state index is -0.864. The Bertz CT molecular complexity index is 1650. The Morgan fingerprint density at radius 3 is 2.20 bits per heavy atom. The highest BCUT2D eigenvalue weighted by molar-refractivity contribution is 5.88. The highest BCUT2D eigenvalue weighted by Gasteiger charge is 2.70. The van der Waals surface area contributed by atoms with E-state index in [2.05, 4.69) is 64.4 Å². The van der Waals surface area contributed by atoms with Crippen molar-refractivity contribution in [3.63, 3.8) is 0 Å². The molecule has 0 spiro atoms. The molecular weight excluding hydrogens is 671 g/mol. The van der Waals surface area contributed by atoms with Crippen molar-refractivity contribution in [1.82, 2.24) is 15.1 Å². The predicted octanol–water partition coefficient (Wildman–Crippen LogP) is 9.93. The molecule has 1 saturated heterocycles. The van der Waals surface area contributed by atoms with E-state index in [0.717, 1.165) is 45.7 Å². The molecule has 1 aromatic carbocycles. The summed E-state index contributed by atoms with van der Waals surface area (Å²) in [6, 6.07) is 7.62. The van der Waals surface area contributed by atoms with Crippen LogP contribution in [0.4, 0.5) is 4.79 Å². The molecule has 1 aliphatic heterocycles. The molecule has 298 valence electrons. The molecule has 5 fully saturated rings. The van der Waals surface area contributed by atoms with Gasteiger partial charge in [-0.25, -0.2) is 9.59 Å². The Labute approximate surface area is 326 Å². The molecule has 7 rings (SSSR count). The van der Waals surface area contributed by atoms with Gasteiger partial charge in [0.25, 0.3) is 0 Å². The molecule has 5 aliphatic carbocycles. The Morgan fingerprint density at radius 2 is 1.57 bits per heavy atom. The molecule has 7 nitrogen and oxygen atoms in total. The fraction of sp³-hybridized carbons (Fsp3) is 0.745. The summed E-state index contributed by atoms with van der Waals surface area (Å²) in [5, 5.41) is 13.8. The molecule has 6 aliphatic rings. The first kappa shape index (κ1) is 39.6. The lowest BCUT2D eigenvalue weighted by Crippen LogP contribution is -2.68. The number of carbonyl (C=O) groups excluding carboxylic acids is 1. The van der Waals surface area contributed by atoms with Crippen molar-refractivity contribution in [3.05, 3.63) is 53.6 Å². The fourth-order valence-corrected chi connectivity index (χ4v) is 14.3.